The zero-order valence-electron chi connectivity index (χ0n) is 9.80. The Bertz CT molecular complexity index is 363. The van der Waals surface area contributed by atoms with Crippen LogP contribution in [-0.4, -0.2) is 30.7 Å². The molecule has 0 spiro atoms. The zero-order chi connectivity index (χ0) is 12.0. The van der Waals surface area contributed by atoms with E-state index >= 15 is 0 Å². The van der Waals surface area contributed by atoms with Crippen LogP contribution in [0.5, 0.6) is 5.75 Å². The Morgan fingerprint density at radius 1 is 1.44 bits per heavy atom. The Morgan fingerprint density at radius 2 is 2.12 bits per heavy atom. The average Bonchev–Trinajstić information content (AvgIpc) is 2.35. The van der Waals surface area contributed by atoms with Crippen molar-refractivity contribution in [1.29, 1.82) is 0 Å². The van der Waals surface area contributed by atoms with Crippen molar-refractivity contribution in [2.24, 2.45) is 5.16 Å². The maximum absolute atomic E-state index is 8.74. The number of hydrogen-bond acceptors (Lipinski definition) is 4. The van der Waals surface area contributed by atoms with Gasteiger partial charge in [0.25, 0.3) is 0 Å². The molecule has 0 aromatic heterocycles. The van der Waals surface area contributed by atoms with E-state index in [0.717, 1.165) is 5.56 Å². The fourth-order valence-corrected chi connectivity index (χ4v) is 1.22. The summed E-state index contributed by atoms with van der Waals surface area (Å²) in [5, 5.41) is 11.9. The van der Waals surface area contributed by atoms with Crippen molar-refractivity contribution >= 4 is 5.71 Å². The maximum Gasteiger partial charge on any atom is 0.128 e. The van der Waals surface area contributed by atoms with E-state index in [4.69, 9.17) is 14.7 Å². The van der Waals surface area contributed by atoms with Crippen LogP contribution in [-0.2, 0) is 4.74 Å². The molecule has 16 heavy (non-hydrogen) atoms. The van der Waals surface area contributed by atoms with Gasteiger partial charge in [-0.05, 0) is 26.0 Å². The minimum Gasteiger partial charge on any atom is -0.490 e. The van der Waals surface area contributed by atoms with E-state index < -0.39 is 0 Å². The fourth-order valence-electron chi connectivity index (χ4n) is 1.22. The molecule has 0 saturated heterocycles. The van der Waals surface area contributed by atoms with Gasteiger partial charge in [0, 0.05) is 12.7 Å². The lowest BCUT2D eigenvalue weighted by molar-refractivity contribution is 0.0716. The van der Waals surface area contributed by atoms with Crippen molar-refractivity contribution in [2.45, 2.75) is 20.0 Å². The lowest BCUT2D eigenvalue weighted by atomic mass is 10.1. The third-order valence-corrected chi connectivity index (χ3v) is 2.30. The van der Waals surface area contributed by atoms with Crippen LogP contribution in [0.4, 0.5) is 0 Å². The van der Waals surface area contributed by atoms with Gasteiger partial charge < -0.3 is 14.7 Å². The van der Waals surface area contributed by atoms with E-state index in [-0.39, 0.29) is 6.10 Å². The van der Waals surface area contributed by atoms with E-state index in [1.807, 2.05) is 31.2 Å². The van der Waals surface area contributed by atoms with Gasteiger partial charge in [-0.3, -0.25) is 0 Å². The summed E-state index contributed by atoms with van der Waals surface area (Å²) in [7, 11) is 1.64. The third-order valence-electron chi connectivity index (χ3n) is 2.30. The van der Waals surface area contributed by atoms with Gasteiger partial charge in [0.2, 0.25) is 0 Å². The Kier molecular flexibility index (Phi) is 4.79. The minimum absolute atomic E-state index is 0.0272. The molecular weight excluding hydrogens is 206 g/mol. The summed E-state index contributed by atoms with van der Waals surface area (Å²) >= 11 is 0. The molecule has 0 aliphatic rings. The molecular formula is C12H17NO3. The average molecular weight is 223 g/mol. The number of methoxy groups -OCH3 is 1. The van der Waals surface area contributed by atoms with E-state index in [1.165, 1.54) is 0 Å². The van der Waals surface area contributed by atoms with Crippen LogP contribution in [0.15, 0.2) is 29.4 Å². The molecule has 1 rings (SSSR count). The van der Waals surface area contributed by atoms with Crippen molar-refractivity contribution in [3.05, 3.63) is 29.8 Å². The van der Waals surface area contributed by atoms with Crippen molar-refractivity contribution in [1.82, 2.24) is 0 Å². The number of hydrogen-bond donors (Lipinski definition) is 1. The van der Waals surface area contributed by atoms with Gasteiger partial charge in [0.05, 0.1) is 11.8 Å². The van der Waals surface area contributed by atoms with Crippen molar-refractivity contribution in [3.63, 3.8) is 0 Å². The van der Waals surface area contributed by atoms with Gasteiger partial charge in [-0.25, -0.2) is 0 Å². The van der Waals surface area contributed by atoms with Gasteiger partial charge in [-0.2, -0.15) is 0 Å². The van der Waals surface area contributed by atoms with Crippen molar-refractivity contribution < 1.29 is 14.7 Å². The molecule has 1 aromatic rings. The number of para-hydroxylation sites is 1. The summed E-state index contributed by atoms with van der Waals surface area (Å²) in [5.74, 6) is 0.696. The first-order chi connectivity index (χ1) is 7.69. The van der Waals surface area contributed by atoms with Crippen molar-refractivity contribution in [2.75, 3.05) is 13.7 Å². The maximum atomic E-state index is 8.74. The van der Waals surface area contributed by atoms with Gasteiger partial charge in [-0.1, -0.05) is 17.3 Å². The number of ether oxygens (including phenoxy) is 2. The second kappa shape index (κ2) is 6.12. The molecule has 0 aliphatic carbocycles. The van der Waals surface area contributed by atoms with E-state index in [9.17, 15) is 0 Å². The van der Waals surface area contributed by atoms with Gasteiger partial charge in [-0.15, -0.1) is 0 Å². The highest BCUT2D eigenvalue weighted by molar-refractivity contribution is 6.00. The van der Waals surface area contributed by atoms with Crippen LogP contribution in [0.3, 0.4) is 0 Å². The van der Waals surface area contributed by atoms with Crippen LogP contribution in [0.1, 0.15) is 19.4 Å². The lowest BCUT2D eigenvalue weighted by Crippen LogP contribution is -2.17. The van der Waals surface area contributed by atoms with E-state index in [1.54, 1.807) is 14.0 Å². The topological polar surface area (TPSA) is 51.0 Å². The SMILES string of the molecule is COC(C)COc1ccccc1/C(C)=N/O. The summed E-state index contributed by atoms with van der Waals surface area (Å²) < 4.78 is 10.7. The smallest absolute Gasteiger partial charge is 0.128 e. The molecule has 0 saturated carbocycles. The molecule has 88 valence electrons. The second-order valence-corrected chi connectivity index (χ2v) is 3.54. The molecule has 4 nitrogen and oxygen atoms in total. The molecule has 1 aromatic carbocycles. The fraction of sp³-hybridized carbons (Fsp3) is 0.417. The molecule has 1 N–H and O–H groups in total. The summed E-state index contributed by atoms with van der Waals surface area (Å²) in [6.45, 7) is 4.11. The van der Waals surface area contributed by atoms with E-state index in [2.05, 4.69) is 5.16 Å². The number of nitrogens with zero attached hydrogens (tertiary/aromatic N) is 1. The summed E-state index contributed by atoms with van der Waals surface area (Å²) in [4.78, 5) is 0. The highest BCUT2D eigenvalue weighted by Crippen LogP contribution is 2.19. The van der Waals surface area contributed by atoms with Crippen molar-refractivity contribution in [3.8, 4) is 5.75 Å². The molecule has 0 amide bonds. The number of oxime groups is 1. The molecule has 0 heterocycles. The second-order valence-electron chi connectivity index (χ2n) is 3.54. The van der Waals surface area contributed by atoms with Gasteiger partial charge >= 0.3 is 0 Å². The van der Waals surface area contributed by atoms with Crippen LogP contribution >= 0.6 is 0 Å². The van der Waals surface area contributed by atoms with Gasteiger partial charge in [0.15, 0.2) is 0 Å². The number of benzene rings is 1. The first kappa shape index (κ1) is 12.5. The molecule has 4 heteroatoms. The lowest BCUT2D eigenvalue weighted by Gasteiger charge is -2.13. The molecule has 1 atom stereocenters. The Morgan fingerprint density at radius 3 is 2.75 bits per heavy atom. The minimum atomic E-state index is 0.0272. The third kappa shape index (κ3) is 3.24. The van der Waals surface area contributed by atoms with Gasteiger partial charge in [0.1, 0.15) is 12.4 Å². The molecule has 0 radical (unpaired) electrons. The Hall–Kier alpha value is -1.55. The monoisotopic (exact) mass is 223 g/mol. The first-order valence-corrected chi connectivity index (χ1v) is 5.12. The predicted molar refractivity (Wildman–Crippen MR) is 62.4 cm³/mol. The normalized spacial score (nSPS) is 13.6. The van der Waals surface area contributed by atoms with Crippen LogP contribution < -0.4 is 4.74 Å². The molecule has 0 bridgehead atoms. The van der Waals surface area contributed by atoms with Crippen LogP contribution in [0, 0.1) is 0 Å². The standard InChI is InChI=1S/C12H17NO3/c1-9(15-3)8-16-12-7-5-4-6-11(12)10(2)13-14/h4-7,9,14H,8H2,1-3H3/b13-10+. The molecule has 0 fully saturated rings. The first-order valence-electron chi connectivity index (χ1n) is 5.12. The summed E-state index contributed by atoms with van der Waals surface area (Å²) in [6, 6.07) is 7.44. The Balaban J connectivity index is 2.79. The predicted octanol–water partition coefficient (Wildman–Crippen LogP) is 2.30. The largest absolute Gasteiger partial charge is 0.490 e. The molecule has 1 unspecified atom stereocenters. The van der Waals surface area contributed by atoms with E-state index in [0.29, 0.717) is 18.1 Å². The summed E-state index contributed by atoms with van der Waals surface area (Å²) in [6.07, 6.45) is 0.0272. The van der Waals surface area contributed by atoms with Crippen LogP contribution in [0.2, 0.25) is 0 Å². The summed E-state index contributed by atoms with van der Waals surface area (Å²) in [5.41, 5.74) is 1.31. The highest BCUT2D eigenvalue weighted by Gasteiger charge is 2.08. The molecule has 0 aliphatic heterocycles. The quantitative estimate of drug-likeness (QED) is 0.473. The zero-order valence-corrected chi connectivity index (χ0v) is 9.80. The Labute approximate surface area is 95.5 Å². The highest BCUT2D eigenvalue weighted by atomic mass is 16.5. The van der Waals surface area contributed by atoms with Crippen LogP contribution in [0.25, 0.3) is 0 Å². The number of rotatable bonds is 5.